The lowest BCUT2D eigenvalue weighted by atomic mass is 10.1. The largest absolute Gasteiger partial charge is 0.546 e. The van der Waals surface area contributed by atoms with E-state index in [0.717, 1.165) is 18.7 Å². The van der Waals surface area contributed by atoms with E-state index in [0.29, 0.717) is 0 Å². The van der Waals surface area contributed by atoms with E-state index in [2.05, 4.69) is 6.92 Å². The van der Waals surface area contributed by atoms with Crippen molar-refractivity contribution in [1.82, 2.24) is 4.57 Å². The number of imidazole rings is 1. The predicted octanol–water partition coefficient (Wildman–Crippen LogP) is 2.14. The molecule has 4 heteroatoms. The summed E-state index contributed by atoms with van der Waals surface area (Å²) in [6.45, 7) is 2.20. The Labute approximate surface area is 128 Å². The first kappa shape index (κ1) is 17.7. The van der Waals surface area contributed by atoms with Crippen LogP contribution in [0.3, 0.4) is 0 Å². The molecule has 0 saturated carbocycles. The molecule has 0 bridgehead atoms. The van der Waals surface area contributed by atoms with E-state index < -0.39 is 5.97 Å². The molecule has 1 heterocycles. The molecule has 0 spiro atoms. The minimum atomic E-state index is -1.03. The van der Waals surface area contributed by atoms with Crippen molar-refractivity contribution >= 4 is 5.97 Å². The van der Waals surface area contributed by atoms with Crippen LogP contribution in [0, 0.1) is 0 Å². The standard InChI is InChI=1S/C17H30N2O2/c1-3-4-5-6-7-8-9-10-11-12-16-18(2)13-14-19(16)15-17(20)21/h13-14H,3-12,15H2,1-2H3. The highest BCUT2D eigenvalue weighted by molar-refractivity contribution is 5.64. The fourth-order valence-electron chi connectivity index (χ4n) is 2.75. The lowest BCUT2D eigenvalue weighted by molar-refractivity contribution is -0.678. The Morgan fingerprint density at radius 1 is 1.10 bits per heavy atom. The first-order valence-corrected chi connectivity index (χ1v) is 8.38. The highest BCUT2D eigenvalue weighted by Crippen LogP contribution is 2.11. The van der Waals surface area contributed by atoms with Gasteiger partial charge in [0.25, 0.3) is 5.82 Å². The Bertz CT molecular complexity index is 413. The number of aryl methyl sites for hydroxylation is 1. The third kappa shape index (κ3) is 7.30. The van der Waals surface area contributed by atoms with E-state index >= 15 is 0 Å². The van der Waals surface area contributed by atoms with Gasteiger partial charge < -0.3 is 9.90 Å². The van der Waals surface area contributed by atoms with Crippen molar-refractivity contribution in [2.24, 2.45) is 7.05 Å². The van der Waals surface area contributed by atoms with Crippen LogP contribution in [0.15, 0.2) is 12.4 Å². The van der Waals surface area contributed by atoms with Gasteiger partial charge in [0.1, 0.15) is 18.9 Å². The van der Waals surface area contributed by atoms with Crippen LogP contribution in [0.4, 0.5) is 0 Å². The number of carboxylic acids is 1. The van der Waals surface area contributed by atoms with Gasteiger partial charge in [0.15, 0.2) is 0 Å². The Balaban J connectivity index is 2.15. The summed E-state index contributed by atoms with van der Waals surface area (Å²) in [4.78, 5) is 10.7. The van der Waals surface area contributed by atoms with Crippen LogP contribution in [-0.2, 0) is 24.8 Å². The summed E-state index contributed by atoms with van der Waals surface area (Å²) in [6.07, 6.45) is 16.4. The van der Waals surface area contributed by atoms with Crippen LogP contribution in [-0.4, -0.2) is 10.5 Å². The zero-order chi connectivity index (χ0) is 15.5. The van der Waals surface area contributed by atoms with Gasteiger partial charge in [-0.25, -0.2) is 9.13 Å². The van der Waals surface area contributed by atoms with Crippen molar-refractivity contribution in [3.8, 4) is 0 Å². The van der Waals surface area contributed by atoms with Crippen LogP contribution in [0.1, 0.15) is 70.5 Å². The lowest BCUT2D eigenvalue weighted by Crippen LogP contribution is -2.34. The summed E-state index contributed by atoms with van der Waals surface area (Å²) >= 11 is 0. The Morgan fingerprint density at radius 3 is 2.24 bits per heavy atom. The molecule has 0 fully saturated rings. The minimum Gasteiger partial charge on any atom is -0.546 e. The number of rotatable bonds is 12. The molecule has 1 aromatic heterocycles. The van der Waals surface area contributed by atoms with Crippen molar-refractivity contribution in [2.75, 3.05) is 0 Å². The molecule has 0 atom stereocenters. The molecule has 120 valence electrons. The second-order valence-electron chi connectivity index (χ2n) is 5.90. The second-order valence-corrected chi connectivity index (χ2v) is 5.90. The average molecular weight is 294 g/mol. The summed E-state index contributed by atoms with van der Waals surface area (Å²) in [5.41, 5.74) is 0. The third-order valence-electron chi connectivity index (χ3n) is 4.01. The zero-order valence-corrected chi connectivity index (χ0v) is 13.6. The van der Waals surface area contributed by atoms with Gasteiger partial charge in [-0.15, -0.1) is 0 Å². The fraction of sp³-hybridized carbons (Fsp3) is 0.765. The first-order valence-electron chi connectivity index (χ1n) is 8.38. The summed E-state index contributed by atoms with van der Waals surface area (Å²) in [6, 6.07) is 0. The van der Waals surface area contributed by atoms with Crippen LogP contribution in [0.5, 0.6) is 0 Å². The Kier molecular flexibility index (Phi) is 8.79. The van der Waals surface area contributed by atoms with Crippen molar-refractivity contribution in [3.05, 3.63) is 18.2 Å². The molecule has 0 saturated heterocycles. The number of hydrogen-bond acceptors (Lipinski definition) is 2. The molecule has 0 aliphatic rings. The molecule has 21 heavy (non-hydrogen) atoms. The van der Waals surface area contributed by atoms with Crippen LogP contribution in [0.2, 0.25) is 0 Å². The second kappa shape index (κ2) is 10.4. The van der Waals surface area contributed by atoms with Gasteiger partial charge in [0, 0.05) is 6.42 Å². The molecule has 0 N–H and O–H groups in total. The number of nitrogens with zero attached hydrogens (tertiary/aromatic N) is 2. The van der Waals surface area contributed by atoms with Gasteiger partial charge >= 0.3 is 0 Å². The van der Waals surface area contributed by atoms with Crippen LogP contribution >= 0.6 is 0 Å². The highest BCUT2D eigenvalue weighted by Gasteiger charge is 2.13. The molecule has 1 aromatic rings. The average Bonchev–Trinajstić information content (AvgIpc) is 2.77. The zero-order valence-electron chi connectivity index (χ0n) is 13.6. The highest BCUT2D eigenvalue weighted by atomic mass is 16.4. The van der Waals surface area contributed by atoms with Gasteiger partial charge in [-0.3, -0.25) is 0 Å². The maximum atomic E-state index is 10.7. The maximum absolute atomic E-state index is 10.7. The molecule has 0 aliphatic carbocycles. The van der Waals surface area contributed by atoms with Crippen molar-refractivity contribution in [3.63, 3.8) is 0 Å². The summed E-state index contributed by atoms with van der Waals surface area (Å²) in [5, 5.41) is 10.7. The van der Waals surface area contributed by atoms with Crippen LogP contribution in [0.25, 0.3) is 0 Å². The Hall–Kier alpha value is -1.32. The number of unbranched alkanes of at least 4 members (excludes halogenated alkanes) is 8. The molecular weight excluding hydrogens is 264 g/mol. The number of carbonyl (C=O) groups excluding carboxylic acids is 1. The number of aliphatic carboxylic acids is 1. The van der Waals surface area contributed by atoms with E-state index in [9.17, 15) is 9.90 Å². The molecule has 0 unspecified atom stereocenters. The Morgan fingerprint density at radius 2 is 1.67 bits per heavy atom. The smallest absolute Gasteiger partial charge is 0.256 e. The quantitative estimate of drug-likeness (QED) is 0.438. The predicted molar refractivity (Wildman–Crippen MR) is 81.5 cm³/mol. The number of carboxylic acid groups (broad SMARTS) is 1. The first-order chi connectivity index (χ1) is 10.1. The van der Waals surface area contributed by atoms with Gasteiger partial charge in [-0.2, -0.15) is 0 Å². The number of hydrogen-bond donors (Lipinski definition) is 0. The molecule has 0 amide bonds. The monoisotopic (exact) mass is 294 g/mol. The fourth-order valence-corrected chi connectivity index (χ4v) is 2.75. The SMILES string of the molecule is CCCCCCCCCCCc1n(CC(=O)[O-])cc[n+]1C. The van der Waals surface area contributed by atoms with Gasteiger partial charge in [-0.05, 0) is 6.42 Å². The maximum Gasteiger partial charge on any atom is 0.256 e. The molecule has 4 nitrogen and oxygen atoms in total. The van der Waals surface area contributed by atoms with E-state index in [-0.39, 0.29) is 6.54 Å². The van der Waals surface area contributed by atoms with Crippen molar-refractivity contribution in [1.29, 1.82) is 0 Å². The van der Waals surface area contributed by atoms with Gasteiger partial charge in [-0.1, -0.05) is 58.3 Å². The van der Waals surface area contributed by atoms with E-state index in [1.807, 2.05) is 24.0 Å². The van der Waals surface area contributed by atoms with Crippen molar-refractivity contribution in [2.45, 2.75) is 77.7 Å². The molecular formula is C17H30N2O2. The van der Waals surface area contributed by atoms with E-state index in [1.54, 1.807) is 4.57 Å². The topological polar surface area (TPSA) is 48.9 Å². The molecule has 0 aromatic carbocycles. The minimum absolute atomic E-state index is 0.0480. The summed E-state index contributed by atoms with van der Waals surface area (Å²) < 4.78 is 3.79. The number of aromatic nitrogens is 2. The van der Waals surface area contributed by atoms with Crippen molar-refractivity contribution < 1.29 is 14.5 Å². The molecule has 1 rings (SSSR count). The lowest BCUT2D eigenvalue weighted by Gasteiger charge is -2.04. The van der Waals surface area contributed by atoms with E-state index in [1.165, 1.54) is 51.4 Å². The van der Waals surface area contributed by atoms with Gasteiger partial charge in [0.05, 0.1) is 13.0 Å². The number of carbonyl (C=O) groups is 1. The summed E-state index contributed by atoms with van der Waals surface area (Å²) in [5.74, 6) is 0.0432. The normalized spacial score (nSPS) is 11.0. The molecule has 0 aliphatic heterocycles. The molecule has 0 radical (unpaired) electrons. The summed E-state index contributed by atoms with van der Waals surface area (Å²) in [7, 11) is 1.97. The van der Waals surface area contributed by atoms with Crippen LogP contribution < -0.4 is 9.67 Å². The van der Waals surface area contributed by atoms with Gasteiger partial charge in [0.2, 0.25) is 0 Å². The third-order valence-corrected chi connectivity index (χ3v) is 4.01. The van der Waals surface area contributed by atoms with E-state index in [4.69, 9.17) is 0 Å².